The van der Waals surface area contributed by atoms with Gasteiger partial charge in [-0.1, -0.05) is 26.8 Å². The van der Waals surface area contributed by atoms with Gasteiger partial charge < -0.3 is 14.3 Å². The van der Waals surface area contributed by atoms with Crippen molar-refractivity contribution in [3.8, 4) is 11.5 Å². The second-order valence-corrected chi connectivity index (χ2v) is 5.33. The lowest BCUT2D eigenvalue weighted by Gasteiger charge is -2.22. The second-order valence-electron chi connectivity index (χ2n) is 5.33. The van der Waals surface area contributed by atoms with Gasteiger partial charge in [-0.15, -0.1) is 0 Å². The number of aldehydes is 1. The molecule has 18 heavy (non-hydrogen) atoms. The molecule has 100 valence electrons. The topological polar surface area (TPSA) is 35.5 Å². The van der Waals surface area contributed by atoms with Gasteiger partial charge in [0.15, 0.2) is 11.5 Å². The highest BCUT2D eigenvalue weighted by molar-refractivity contribution is 5.54. The molecule has 0 aliphatic rings. The van der Waals surface area contributed by atoms with Crippen LogP contribution in [-0.2, 0) is 16.6 Å². The molecule has 0 spiro atoms. The van der Waals surface area contributed by atoms with E-state index < -0.39 is 0 Å². The third-order valence-corrected chi connectivity index (χ3v) is 2.95. The van der Waals surface area contributed by atoms with Crippen molar-refractivity contribution >= 4 is 6.29 Å². The lowest BCUT2D eigenvalue weighted by molar-refractivity contribution is -0.107. The van der Waals surface area contributed by atoms with Crippen molar-refractivity contribution in [1.82, 2.24) is 0 Å². The van der Waals surface area contributed by atoms with Crippen LogP contribution in [0.15, 0.2) is 12.1 Å². The van der Waals surface area contributed by atoms with Crippen molar-refractivity contribution in [2.75, 3.05) is 14.2 Å². The van der Waals surface area contributed by atoms with Crippen LogP contribution in [0.4, 0.5) is 0 Å². The molecule has 0 unspecified atom stereocenters. The highest BCUT2D eigenvalue weighted by Gasteiger charge is 2.19. The summed E-state index contributed by atoms with van der Waals surface area (Å²) in [7, 11) is 3.26. The molecule has 0 amide bonds. The van der Waals surface area contributed by atoms with Crippen LogP contribution in [0.3, 0.4) is 0 Å². The molecule has 0 N–H and O–H groups in total. The minimum absolute atomic E-state index is 0.0372. The molecule has 0 aliphatic heterocycles. The van der Waals surface area contributed by atoms with Gasteiger partial charge in [0.2, 0.25) is 0 Å². The van der Waals surface area contributed by atoms with E-state index in [1.807, 2.05) is 6.07 Å². The molecule has 0 radical (unpaired) electrons. The van der Waals surface area contributed by atoms with Crippen molar-refractivity contribution in [2.24, 2.45) is 0 Å². The Bertz CT molecular complexity index is 416. The summed E-state index contributed by atoms with van der Waals surface area (Å²) in [5.41, 5.74) is 2.24. The molecular formula is C15H22O3. The van der Waals surface area contributed by atoms with Gasteiger partial charge in [0, 0.05) is 6.42 Å². The Morgan fingerprint density at radius 3 is 2.28 bits per heavy atom. The molecule has 0 atom stereocenters. The van der Waals surface area contributed by atoms with Gasteiger partial charge in [-0.25, -0.2) is 0 Å². The summed E-state index contributed by atoms with van der Waals surface area (Å²) < 4.78 is 10.8. The molecule has 0 bridgehead atoms. The highest BCUT2D eigenvalue weighted by Crippen LogP contribution is 2.37. The maximum atomic E-state index is 10.5. The summed E-state index contributed by atoms with van der Waals surface area (Å²) in [6.07, 6.45) is 2.09. The third kappa shape index (κ3) is 3.25. The van der Waals surface area contributed by atoms with Gasteiger partial charge in [-0.05, 0) is 29.0 Å². The van der Waals surface area contributed by atoms with E-state index in [-0.39, 0.29) is 5.41 Å². The number of aryl methyl sites for hydroxylation is 1. The number of ether oxygens (including phenoxy) is 2. The monoisotopic (exact) mass is 250 g/mol. The largest absolute Gasteiger partial charge is 0.493 e. The number of carbonyl (C=O) groups excluding carboxylic acids is 1. The van der Waals surface area contributed by atoms with E-state index in [1.165, 1.54) is 5.56 Å². The molecule has 0 saturated heterocycles. The number of carbonyl (C=O) groups is 1. The highest BCUT2D eigenvalue weighted by atomic mass is 16.5. The van der Waals surface area contributed by atoms with Gasteiger partial charge >= 0.3 is 0 Å². The Labute approximate surface area is 109 Å². The fourth-order valence-corrected chi connectivity index (χ4v) is 1.88. The van der Waals surface area contributed by atoms with Gasteiger partial charge in [-0.2, -0.15) is 0 Å². The molecule has 0 fully saturated rings. The summed E-state index contributed by atoms with van der Waals surface area (Å²) >= 11 is 0. The average Bonchev–Trinajstić information content (AvgIpc) is 2.33. The van der Waals surface area contributed by atoms with Crippen molar-refractivity contribution in [3.05, 3.63) is 23.3 Å². The Morgan fingerprint density at radius 1 is 1.17 bits per heavy atom. The van der Waals surface area contributed by atoms with Crippen molar-refractivity contribution < 1.29 is 14.3 Å². The van der Waals surface area contributed by atoms with E-state index in [2.05, 4.69) is 26.8 Å². The van der Waals surface area contributed by atoms with E-state index in [9.17, 15) is 4.79 Å². The molecule has 0 aliphatic carbocycles. The van der Waals surface area contributed by atoms with Crippen LogP contribution < -0.4 is 9.47 Å². The standard InChI is InChI=1S/C15H22O3/c1-15(2,3)12-9-11(7-6-8-16)14(18-5)13(10-12)17-4/h8-10H,6-7H2,1-5H3. The van der Waals surface area contributed by atoms with Crippen LogP contribution in [0.5, 0.6) is 11.5 Å². The lowest BCUT2D eigenvalue weighted by Crippen LogP contribution is -2.12. The van der Waals surface area contributed by atoms with E-state index >= 15 is 0 Å². The first-order chi connectivity index (χ1) is 8.43. The van der Waals surface area contributed by atoms with E-state index in [4.69, 9.17) is 9.47 Å². The number of rotatable bonds is 5. The van der Waals surface area contributed by atoms with Crippen molar-refractivity contribution in [1.29, 1.82) is 0 Å². The number of hydrogen-bond donors (Lipinski definition) is 0. The number of hydrogen-bond acceptors (Lipinski definition) is 3. The summed E-state index contributed by atoms with van der Waals surface area (Å²) in [5, 5.41) is 0. The smallest absolute Gasteiger partial charge is 0.163 e. The summed E-state index contributed by atoms with van der Waals surface area (Å²) in [6.45, 7) is 6.45. The zero-order valence-corrected chi connectivity index (χ0v) is 11.9. The zero-order chi connectivity index (χ0) is 13.8. The van der Waals surface area contributed by atoms with Crippen LogP contribution in [-0.4, -0.2) is 20.5 Å². The van der Waals surface area contributed by atoms with Gasteiger partial charge in [-0.3, -0.25) is 0 Å². The third-order valence-electron chi connectivity index (χ3n) is 2.95. The van der Waals surface area contributed by atoms with Gasteiger partial charge in [0.1, 0.15) is 6.29 Å². The molecule has 1 rings (SSSR count). The molecule has 1 aromatic rings. The van der Waals surface area contributed by atoms with Crippen molar-refractivity contribution in [3.63, 3.8) is 0 Å². The van der Waals surface area contributed by atoms with Crippen LogP contribution >= 0.6 is 0 Å². The van der Waals surface area contributed by atoms with Crippen LogP contribution in [0, 0.1) is 0 Å². The number of benzene rings is 1. The average molecular weight is 250 g/mol. The minimum Gasteiger partial charge on any atom is -0.493 e. The Hall–Kier alpha value is -1.51. The molecule has 3 heteroatoms. The lowest BCUT2D eigenvalue weighted by atomic mass is 9.85. The maximum Gasteiger partial charge on any atom is 0.163 e. The normalized spacial score (nSPS) is 11.2. The molecule has 0 saturated carbocycles. The quantitative estimate of drug-likeness (QED) is 0.753. The van der Waals surface area contributed by atoms with Crippen LogP contribution in [0.2, 0.25) is 0 Å². The fourth-order valence-electron chi connectivity index (χ4n) is 1.88. The summed E-state index contributed by atoms with van der Waals surface area (Å²) in [6, 6.07) is 4.11. The van der Waals surface area contributed by atoms with Gasteiger partial charge in [0.05, 0.1) is 14.2 Å². The molecular weight excluding hydrogens is 228 g/mol. The first-order valence-electron chi connectivity index (χ1n) is 6.13. The van der Waals surface area contributed by atoms with E-state index in [1.54, 1.807) is 14.2 Å². The van der Waals surface area contributed by atoms with Crippen LogP contribution in [0.1, 0.15) is 38.3 Å². The molecule has 3 nitrogen and oxygen atoms in total. The Morgan fingerprint density at radius 2 is 1.83 bits per heavy atom. The first-order valence-corrected chi connectivity index (χ1v) is 6.13. The minimum atomic E-state index is 0.0372. The Kier molecular flexibility index (Phi) is 4.76. The van der Waals surface area contributed by atoms with E-state index in [0.29, 0.717) is 12.8 Å². The molecule has 0 aromatic heterocycles. The molecule has 0 heterocycles. The SMILES string of the molecule is COc1cc(C(C)(C)C)cc(CCC=O)c1OC. The summed E-state index contributed by atoms with van der Waals surface area (Å²) in [5.74, 6) is 1.46. The summed E-state index contributed by atoms with van der Waals surface area (Å²) in [4.78, 5) is 10.5. The predicted octanol–water partition coefficient (Wildman–Crippen LogP) is 3.13. The Balaban J connectivity index is 3.30. The van der Waals surface area contributed by atoms with Gasteiger partial charge in [0.25, 0.3) is 0 Å². The van der Waals surface area contributed by atoms with Crippen LogP contribution in [0.25, 0.3) is 0 Å². The zero-order valence-electron chi connectivity index (χ0n) is 11.9. The second kappa shape index (κ2) is 5.89. The predicted molar refractivity (Wildman–Crippen MR) is 72.6 cm³/mol. The number of methoxy groups -OCH3 is 2. The first kappa shape index (κ1) is 14.6. The van der Waals surface area contributed by atoms with Crippen molar-refractivity contribution in [2.45, 2.75) is 39.0 Å². The molecule has 1 aromatic carbocycles. The maximum absolute atomic E-state index is 10.5. The van der Waals surface area contributed by atoms with E-state index in [0.717, 1.165) is 23.3 Å². The fraction of sp³-hybridized carbons (Fsp3) is 0.533.